The fraction of sp³-hybridized carbons (Fsp3) is 0.0667. The Hall–Kier alpha value is -1.56. The van der Waals surface area contributed by atoms with Crippen molar-refractivity contribution >= 4 is 66.9 Å². The zero-order chi connectivity index (χ0) is 16.0. The lowest BCUT2D eigenvalue weighted by Crippen LogP contribution is -2.16. The first-order valence-electron chi connectivity index (χ1n) is 6.21. The van der Waals surface area contributed by atoms with E-state index in [2.05, 4.69) is 15.9 Å². The molecule has 3 aromatic rings. The summed E-state index contributed by atoms with van der Waals surface area (Å²) in [5.41, 5.74) is 0.607. The summed E-state index contributed by atoms with van der Waals surface area (Å²) in [4.78, 5) is 23.9. The number of rotatable bonds is 2. The predicted octanol–water partition coefficient (Wildman–Crippen LogP) is 4.31. The Morgan fingerprint density at radius 2 is 1.91 bits per heavy atom. The van der Waals surface area contributed by atoms with E-state index in [1.165, 1.54) is 10.6 Å². The molecule has 0 bridgehead atoms. The minimum absolute atomic E-state index is 0.169. The summed E-state index contributed by atoms with van der Waals surface area (Å²) in [5.74, 6) is -1.04. The number of carboxylic acid groups (broad SMARTS) is 1. The van der Waals surface area contributed by atoms with Gasteiger partial charge in [0.05, 0.1) is 21.1 Å². The van der Waals surface area contributed by atoms with Gasteiger partial charge in [0.25, 0.3) is 0 Å². The van der Waals surface area contributed by atoms with Crippen molar-refractivity contribution < 1.29 is 9.90 Å². The first-order chi connectivity index (χ1) is 10.4. The Balaban J connectivity index is 2.63. The van der Waals surface area contributed by atoms with Crippen molar-refractivity contribution in [1.29, 1.82) is 0 Å². The van der Waals surface area contributed by atoms with Crippen LogP contribution in [0.15, 0.2) is 39.6 Å². The molecule has 4 nitrogen and oxygen atoms in total. The molecule has 0 spiro atoms. The topological polar surface area (TPSA) is 59.3 Å². The highest BCUT2D eigenvalue weighted by Gasteiger charge is 2.17. The molecule has 112 valence electrons. The summed E-state index contributed by atoms with van der Waals surface area (Å²) in [6.07, 6.45) is 0. The molecule has 0 fully saturated rings. The number of pyridine rings is 1. The summed E-state index contributed by atoms with van der Waals surface area (Å²) in [6.45, 7) is -0.324. The average Bonchev–Trinajstić information content (AvgIpc) is 2.46. The second kappa shape index (κ2) is 5.57. The van der Waals surface area contributed by atoms with Crippen molar-refractivity contribution in [2.45, 2.75) is 6.54 Å². The Morgan fingerprint density at radius 3 is 2.59 bits per heavy atom. The molecule has 7 heteroatoms. The van der Waals surface area contributed by atoms with E-state index in [0.717, 1.165) is 4.47 Å². The standard InChI is InChI=1S/C15H8BrCl2NO3/c16-7-1-4-11-9(5-7)15(22)8-2-3-10(17)13(18)14(8)19(11)6-12(20)21/h1-5H,6H2,(H,20,21). The molecular formula is C15H8BrCl2NO3. The highest BCUT2D eigenvalue weighted by atomic mass is 79.9. The summed E-state index contributed by atoms with van der Waals surface area (Å²) in [6, 6.07) is 8.18. The van der Waals surface area contributed by atoms with Crippen molar-refractivity contribution in [1.82, 2.24) is 4.57 Å². The van der Waals surface area contributed by atoms with Crippen LogP contribution in [0.3, 0.4) is 0 Å². The first-order valence-corrected chi connectivity index (χ1v) is 7.76. The van der Waals surface area contributed by atoms with E-state index < -0.39 is 5.97 Å². The van der Waals surface area contributed by atoms with Crippen LogP contribution in [0.1, 0.15) is 0 Å². The molecular weight excluding hydrogens is 393 g/mol. The van der Waals surface area contributed by atoms with Gasteiger partial charge in [-0.3, -0.25) is 9.59 Å². The molecule has 3 rings (SSSR count). The smallest absolute Gasteiger partial charge is 0.323 e. The molecule has 0 atom stereocenters. The Labute approximate surface area is 143 Å². The number of aliphatic carboxylic acids is 1. The number of halogens is 3. The number of aromatic nitrogens is 1. The summed E-state index contributed by atoms with van der Waals surface area (Å²) >= 11 is 15.6. The molecule has 0 saturated carbocycles. The third-order valence-electron chi connectivity index (χ3n) is 3.37. The van der Waals surface area contributed by atoms with E-state index in [0.29, 0.717) is 21.8 Å². The van der Waals surface area contributed by atoms with Gasteiger partial charge in [-0.1, -0.05) is 39.1 Å². The van der Waals surface area contributed by atoms with Crippen LogP contribution in [-0.4, -0.2) is 15.6 Å². The van der Waals surface area contributed by atoms with Gasteiger partial charge in [-0.05, 0) is 30.3 Å². The molecule has 0 amide bonds. The van der Waals surface area contributed by atoms with Gasteiger partial charge in [0.15, 0.2) is 5.43 Å². The fourth-order valence-electron chi connectivity index (χ4n) is 2.48. The molecule has 1 heterocycles. The Bertz CT molecular complexity index is 998. The third kappa shape index (κ3) is 2.39. The molecule has 0 aliphatic carbocycles. The van der Waals surface area contributed by atoms with Crippen LogP contribution in [0.5, 0.6) is 0 Å². The summed E-state index contributed by atoms with van der Waals surface area (Å²) in [7, 11) is 0. The zero-order valence-corrected chi connectivity index (χ0v) is 14.0. The van der Waals surface area contributed by atoms with E-state index in [9.17, 15) is 14.7 Å². The first kappa shape index (κ1) is 15.3. The van der Waals surface area contributed by atoms with Crippen LogP contribution < -0.4 is 5.43 Å². The van der Waals surface area contributed by atoms with E-state index in [-0.39, 0.29) is 22.0 Å². The largest absolute Gasteiger partial charge is 0.480 e. The SMILES string of the molecule is O=C(O)Cn1c2ccc(Br)cc2c(=O)c2ccc(Cl)c(Cl)c21. The number of fused-ring (bicyclic) bond motifs is 2. The number of carbonyl (C=O) groups is 1. The Kier molecular flexibility index (Phi) is 3.89. The highest BCUT2D eigenvalue weighted by Crippen LogP contribution is 2.32. The van der Waals surface area contributed by atoms with Crippen molar-refractivity contribution in [3.05, 3.63) is 55.1 Å². The van der Waals surface area contributed by atoms with E-state index in [1.54, 1.807) is 24.3 Å². The molecule has 0 unspecified atom stereocenters. The molecule has 0 aliphatic rings. The maximum Gasteiger partial charge on any atom is 0.323 e. The monoisotopic (exact) mass is 399 g/mol. The minimum Gasteiger partial charge on any atom is -0.480 e. The molecule has 0 aliphatic heterocycles. The molecule has 22 heavy (non-hydrogen) atoms. The molecule has 0 saturated heterocycles. The van der Waals surface area contributed by atoms with Crippen LogP contribution in [0.4, 0.5) is 0 Å². The molecule has 0 radical (unpaired) electrons. The van der Waals surface area contributed by atoms with E-state index >= 15 is 0 Å². The second-order valence-corrected chi connectivity index (χ2v) is 6.43. The van der Waals surface area contributed by atoms with Gasteiger partial charge in [-0.2, -0.15) is 0 Å². The predicted molar refractivity (Wildman–Crippen MR) is 91.1 cm³/mol. The molecule has 2 aromatic carbocycles. The van der Waals surface area contributed by atoms with Gasteiger partial charge in [0, 0.05) is 15.2 Å². The highest BCUT2D eigenvalue weighted by molar-refractivity contribution is 9.10. The quantitative estimate of drug-likeness (QED) is 0.652. The second-order valence-electron chi connectivity index (χ2n) is 4.73. The number of hydrogen-bond acceptors (Lipinski definition) is 2. The van der Waals surface area contributed by atoms with Gasteiger partial charge in [0.1, 0.15) is 6.54 Å². The maximum atomic E-state index is 12.7. The summed E-state index contributed by atoms with van der Waals surface area (Å²) < 4.78 is 2.23. The van der Waals surface area contributed by atoms with E-state index in [4.69, 9.17) is 23.2 Å². The van der Waals surface area contributed by atoms with Crippen LogP contribution in [0.25, 0.3) is 21.8 Å². The number of benzene rings is 2. The maximum absolute atomic E-state index is 12.7. The van der Waals surface area contributed by atoms with Gasteiger partial charge >= 0.3 is 5.97 Å². The van der Waals surface area contributed by atoms with Gasteiger partial charge in [0.2, 0.25) is 0 Å². The van der Waals surface area contributed by atoms with Crippen molar-refractivity contribution in [2.24, 2.45) is 0 Å². The van der Waals surface area contributed by atoms with Gasteiger partial charge in [-0.25, -0.2) is 0 Å². The third-order valence-corrected chi connectivity index (χ3v) is 4.66. The molecule has 1 N–H and O–H groups in total. The summed E-state index contributed by atoms with van der Waals surface area (Å²) in [5, 5.41) is 10.4. The molecule has 1 aromatic heterocycles. The average molecular weight is 401 g/mol. The van der Waals surface area contributed by atoms with Gasteiger partial charge in [-0.15, -0.1) is 0 Å². The lowest BCUT2D eigenvalue weighted by molar-refractivity contribution is -0.137. The zero-order valence-electron chi connectivity index (χ0n) is 10.9. The number of hydrogen-bond donors (Lipinski definition) is 1. The van der Waals surface area contributed by atoms with Crippen molar-refractivity contribution in [3.8, 4) is 0 Å². The van der Waals surface area contributed by atoms with Crippen LogP contribution in [-0.2, 0) is 11.3 Å². The number of nitrogens with zero attached hydrogens (tertiary/aromatic N) is 1. The van der Waals surface area contributed by atoms with Crippen LogP contribution in [0.2, 0.25) is 10.0 Å². The Morgan fingerprint density at radius 1 is 1.18 bits per heavy atom. The normalized spacial score (nSPS) is 11.2. The minimum atomic E-state index is -1.04. The lowest BCUT2D eigenvalue weighted by atomic mass is 10.1. The van der Waals surface area contributed by atoms with Crippen molar-refractivity contribution in [3.63, 3.8) is 0 Å². The van der Waals surface area contributed by atoms with Crippen LogP contribution >= 0.6 is 39.1 Å². The number of carboxylic acids is 1. The van der Waals surface area contributed by atoms with Gasteiger partial charge < -0.3 is 9.67 Å². The fourth-order valence-corrected chi connectivity index (χ4v) is 3.26. The van der Waals surface area contributed by atoms with Crippen LogP contribution in [0, 0.1) is 0 Å². The lowest BCUT2D eigenvalue weighted by Gasteiger charge is -2.15. The van der Waals surface area contributed by atoms with Crippen molar-refractivity contribution in [2.75, 3.05) is 0 Å². The van der Waals surface area contributed by atoms with E-state index in [1.807, 2.05) is 0 Å².